The van der Waals surface area contributed by atoms with Crippen molar-refractivity contribution in [3.8, 4) is 0 Å². The van der Waals surface area contributed by atoms with Crippen molar-refractivity contribution >= 4 is 11.8 Å². The Hall–Kier alpha value is -1.64. The van der Waals surface area contributed by atoms with Crippen molar-refractivity contribution in [1.82, 2.24) is 0 Å². The number of carbonyl (C=O) groups is 2. The first-order chi connectivity index (χ1) is 15.5. The van der Waals surface area contributed by atoms with Crippen molar-refractivity contribution < 1.29 is 14.3 Å². The summed E-state index contributed by atoms with van der Waals surface area (Å²) in [5.74, 6) is 2.86. The van der Waals surface area contributed by atoms with Gasteiger partial charge in [0.1, 0.15) is 6.10 Å². The fraction of sp³-hybridized carbons (Fsp3) is 0.733. The monoisotopic (exact) mass is 452 g/mol. The minimum Gasteiger partial charge on any atom is -0.462 e. The number of rotatable bonds is 5. The minimum absolute atomic E-state index is 0.0302. The maximum Gasteiger partial charge on any atom is 0.302 e. The predicted octanol–water partition coefficient (Wildman–Crippen LogP) is 7.22. The molecule has 182 valence electrons. The molecule has 4 rings (SSSR count). The molecular formula is C30H44O3. The number of ketones is 1. The molecule has 33 heavy (non-hydrogen) atoms. The minimum atomic E-state index is -0.220. The third kappa shape index (κ3) is 4.19. The number of hydrogen-bond donors (Lipinski definition) is 0. The second-order valence-corrected chi connectivity index (χ2v) is 12.3. The predicted molar refractivity (Wildman–Crippen MR) is 133 cm³/mol. The van der Waals surface area contributed by atoms with Gasteiger partial charge < -0.3 is 4.74 Å². The van der Waals surface area contributed by atoms with Gasteiger partial charge in [0, 0.05) is 24.3 Å². The first kappa shape index (κ1) is 24.5. The highest BCUT2D eigenvalue weighted by Crippen LogP contribution is 2.64. The van der Waals surface area contributed by atoms with Gasteiger partial charge in [-0.25, -0.2) is 0 Å². The summed E-state index contributed by atoms with van der Waals surface area (Å²) in [7, 11) is 0. The summed E-state index contributed by atoms with van der Waals surface area (Å²) < 4.78 is 5.52. The molecule has 0 saturated heterocycles. The van der Waals surface area contributed by atoms with Crippen LogP contribution in [0, 0.1) is 40.4 Å². The molecule has 0 aromatic heterocycles. The number of carbonyl (C=O) groups excluding carboxylic acids is 2. The van der Waals surface area contributed by atoms with Crippen LogP contribution in [0.3, 0.4) is 0 Å². The Bertz CT molecular complexity index is 906. The van der Waals surface area contributed by atoms with Crippen LogP contribution in [0.5, 0.6) is 0 Å². The Labute approximate surface area is 201 Å². The van der Waals surface area contributed by atoms with Crippen LogP contribution in [0.4, 0.5) is 0 Å². The van der Waals surface area contributed by atoms with Gasteiger partial charge in [0.05, 0.1) is 0 Å². The molecule has 4 aliphatic carbocycles. The van der Waals surface area contributed by atoms with Crippen LogP contribution < -0.4 is 0 Å². The fourth-order valence-corrected chi connectivity index (χ4v) is 7.62. The van der Waals surface area contributed by atoms with E-state index in [0.717, 1.165) is 31.3 Å². The summed E-state index contributed by atoms with van der Waals surface area (Å²) in [6.07, 6.45) is 13.9. The lowest BCUT2D eigenvalue weighted by Gasteiger charge is -2.51. The molecule has 0 amide bonds. The van der Waals surface area contributed by atoms with Crippen molar-refractivity contribution in [1.29, 1.82) is 0 Å². The quantitative estimate of drug-likeness (QED) is 0.326. The second kappa shape index (κ2) is 8.86. The Morgan fingerprint density at radius 3 is 2.48 bits per heavy atom. The molecule has 0 N–H and O–H groups in total. The molecule has 0 spiro atoms. The summed E-state index contributed by atoms with van der Waals surface area (Å²) in [6, 6.07) is 0. The van der Waals surface area contributed by atoms with E-state index in [2.05, 4.69) is 53.7 Å². The van der Waals surface area contributed by atoms with Gasteiger partial charge in [-0.3, -0.25) is 9.59 Å². The topological polar surface area (TPSA) is 43.4 Å². The van der Waals surface area contributed by atoms with Gasteiger partial charge in [-0.05, 0) is 79.6 Å². The average Bonchev–Trinajstić information content (AvgIpc) is 3.09. The zero-order chi connectivity index (χ0) is 24.1. The average molecular weight is 453 g/mol. The zero-order valence-electron chi connectivity index (χ0n) is 21.9. The Balaban J connectivity index is 1.58. The van der Waals surface area contributed by atoms with Gasteiger partial charge in [0.25, 0.3) is 0 Å². The highest BCUT2D eigenvalue weighted by atomic mass is 16.5. The second-order valence-electron chi connectivity index (χ2n) is 12.3. The maximum absolute atomic E-state index is 13.5. The zero-order valence-corrected chi connectivity index (χ0v) is 21.9. The standard InChI is InChI=1S/C30H44O3/c1-18(2)19(3)8-9-20(4)24-10-11-25-28-26(13-15-30(24,25)7)29(6)14-12-23(33-21(5)31)16-22(29)17-27(28)32/h8-9,17-20,23-25H,10-16H2,1-7H3/b9-8-/t19-,20-,23-,24-,25-,29-,30+/m1/s1. The molecule has 0 unspecified atom stereocenters. The lowest BCUT2D eigenvalue weighted by atomic mass is 9.53. The lowest BCUT2D eigenvalue weighted by Crippen LogP contribution is -2.44. The van der Waals surface area contributed by atoms with Crippen molar-refractivity contribution in [2.24, 2.45) is 40.4 Å². The van der Waals surface area contributed by atoms with E-state index in [0.29, 0.717) is 36.0 Å². The third-order valence-corrected chi connectivity index (χ3v) is 10.1. The highest BCUT2D eigenvalue weighted by Gasteiger charge is 2.56. The Kier molecular flexibility index (Phi) is 6.57. The molecule has 7 atom stereocenters. The van der Waals surface area contributed by atoms with Crippen LogP contribution in [0.2, 0.25) is 0 Å². The summed E-state index contributed by atoms with van der Waals surface area (Å²) >= 11 is 0. The van der Waals surface area contributed by atoms with Gasteiger partial charge in [0.2, 0.25) is 0 Å². The SMILES string of the molecule is CC(=O)O[C@@H]1CC[C@]2(C)C(=CC(=O)C3=C2CC[C@]2(C)[C@@H]3CC[C@@H]2[C@H](C)/C=C\[C@@H](C)C(C)C)C1. The largest absolute Gasteiger partial charge is 0.462 e. The molecule has 3 heteroatoms. The van der Waals surface area contributed by atoms with E-state index in [9.17, 15) is 9.59 Å². The summed E-state index contributed by atoms with van der Waals surface area (Å²) in [5.41, 5.74) is 3.95. The van der Waals surface area contributed by atoms with Gasteiger partial charge >= 0.3 is 5.97 Å². The number of esters is 1. The lowest BCUT2D eigenvalue weighted by molar-refractivity contribution is -0.147. The fourth-order valence-electron chi connectivity index (χ4n) is 7.62. The molecule has 0 radical (unpaired) electrons. The van der Waals surface area contributed by atoms with Gasteiger partial charge in [-0.1, -0.05) is 64.8 Å². The third-order valence-electron chi connectivity index (χ3n) is 10.1. The smallest absolute Gasteiger partial charge is 0.302 e. The van der Waals surface area contributed by atoms with Crippen molar-refractivity contribution in [2.75, 3.05) is 0 Å². The van der Waals surface area contributed by atoms with Gasteiger partial charge in [-0.15, -0.1) is 0 Å². The van der Waals surface area contributed by atoms with E-state index in [1.807, 2.05) is 6.08 Å². The normalized spacial score (nSPS) is 38.0. The van der Waals surface area contributed by atoms with Crippen LogP contribution in [0.1, 0.15) is 93.4 Å². The van der Waals surface area contributed by atoms with Crippen LogP contribution in [0.15, 0.2) is 34.9 Å². The molecule has 2 saturated carbocycles. The first-order valence-electron chi connectivity index (χ1n) is 13.3. The molecule has 0 aliphatic heterocycles. The molecule has 4 aliphatic rings. The van der Waals surface area contributed by atoms with E-state index < -0.39 is 0 Å². The van der Waals surface area contributed by atoms with Crippen LogP contribution >= 0.6 is 0 Å². The molecule has 0 aromatic carbocycles. The highest BCUT2D eigenvalue weighted by molar-refractivity contribution is 6.07. The molecule has 2 fully saturated rings. The van der Waals surface area contributed by atoms with E-state index in [4.69, 9.17) is 4.74 Å². The van der Waals surface area contributed by atoms with Crippen LogP contribution in [0.25, 0.3) is 0 Å². The molecule has 0 heterocycles. The summed E-state index contributed by atoms with van der Waals surface area (Å²) in [4.78, 5) is 25.0. The number of allylic oxidation sites excluding steroid dienone is 5. The Morgan fingerprint density at radius 1 is 1.09 bits per heavy atom. The maximum atomic E-state index is 13.5. The van der Waals surface area contributed by atoms with E-state index >= 15 is 0 Å². The molecule has 0 bridgehead atoms. The molecular weight excluding hydrogens is 408 g/mol. The Morgan fingerprint density at radius 2 is 1.82 bits per heavy atom. The van der Waals surface area contributed by atoms with Crippen molar-refractivity contribution in [2.45, 2.75) is 99.5 Å². The van der Waals surface area contributed by atoms with Gasteiger partial charge in [0.15, 0.2) is 5.78 Å². The van der Waals surface area contributed by atoms with E-state index in [1.54, 1.807) is 0 Å². The van der Waals surface area contributed by atoms with Crippen molar-refractivity contribution in [3.63, 3.8) is 0 Å². The van der Waals surface area contributed by atoms with Crippen LogP contribution in [-0.2, 0) is 14.3 Å². The first-order valence-corrected chi connectivity index (χ1v) is 13.3. The number of ether oxygens (including phenoxy) is 1. The summed E-state index contributed by atoms with van der Waals surface area (Å²) in [5, 5.41) is 0. The molecule has 0 aromatic rings. The summed E-state index contributed by atoms with van der Waals surface area (Å²) in [6.45, 7) is 15.6. The van der Waals surface area contributed by atoms with E-state index in [1.165, 1.54) is 30.9 Å². The number of hydrogen-bond acceptors (Lipinski definition) is 3. The van der Waals surface area contributed by atoms with E-state index in [-0.39, 0.29) is 28.7 Å². The number of fused-ring (bicyclic) bond motifs is 4. The molecule has 3 nitrogen and oxygen atoms in total. The van der Waals surface area contributed by atoms with Crippen molar-refractivity contribution in [3.05, 3.63) is 34.9 Å². The van der Waals surface area contributed by atoms with Gasteiger partial charge in [-0.2, -0.15) is 0 Å². The van der Waals surface area contributed by atoms with Crippen LogP contribution in [-0.4, -0.2) is 17.9 Å².